The van der Waals surface area contributed by atoms with Gasteiger partial charge in [0.15, 0.2) is 0 Å². The number of pyridine rings is 2. The normalized spacial score (nSPS) is 18.3. The van der Waals surface area contributed by atoms with E-state index in [1.807, 2.05) is 0 Å². The highest BCUT2D eigenvalue weighted by Crippen LogP contribution is 2.47. The highest BCUT2D eigenvalue weighted by Gasteiger charge is 2.57. The van der Waals surface area contributed by atoms with Crippen LogP contribution in [0.4, 0.5) is 17.6 Å². The zero-order valence-corrected chi connectivity index (χ0v) is 20.3. The van der Waals surface area contributed by atoms with Crippen molar-refractivity contribution in [1.29, 1.82) is 0 Å². The highest BCUT2D eigenvalue weighted by atomic mass is 19.4. The number of aromatic nitrogens is 3. The number of nitrogens with one attached hydrogen (secondary N) is 2. The lowest BCUT2D eigenvalue weighted by molar-refractivity contribution is -0.265. The van der Waals surface area contributed by atoms with Crippen molar-refractivity contribution in [2.45, 2.75) is 24.1 Å². The van der Waals surface area contributed by atoms with Crippen LogP contribution in [0.2, 0.25) is 0 Å². The van der Waals surface area contributed by atoms with Gasteiger partial charge in [0.25, 0.3) is 5.91 Å². The second kappa shape index (κ2) is 9.05. The van der Waals surface area contributed by atoms with Gasteiger partial charge in [-0.3, -0.25) is 9.59 Å². The summed E-state index contributed by atoms with van der Waals surface area (Å²) in [6, 6.07) is 8.60. The molecular weight excluding hydrogens is 522 g/mol. The molecule has 4 aromatic rings. The Morgan fingerprint density at radius 2 is 1.92 bits per heavy atom. The molecule has 1 aliphatic rings. The maximum absolute atomic E-state index is 14.5. The minimum atomic E-state index is -5.33. The number of hydrogen-bond acceptors (Lipinski definition) is 6. The fourth-order valence-corrected chi connectivity index (χ4v) is 4.31. The summed E-state index contributed by atoms with van der Waals surface area (Å²) >= 11 is 0. The molecule has 0 spiro atoms. The lowest BCUT2D eigenvalue weighted by Crippen LogP contribution is -2.52. The van der Waals surface area contributed by atoms with Gasteiger partial charge in [0.2, 0.25) is 11.5 Å². The smallest absolute Gasteiger partial charge is 0.424 e. The van der Waals surface area contributed by atoms with Gasteiger partial charge in [-0.05, 0) is 49.4 Å². The number of carbonyl (C=O) groups excluding carboxylic acids is 2. The maximum Gasteiger partial charge on any atom is 0.424 e. The largest absolute Gasteiger partial charge is 0.489 e. The van der Waals surface area contributed by atoms with Crippen molar-refractivity contribution in [3.63, 3.8) is 0 Å². The zero-order chi connectivity index (χ0) is 28.2. The van der Waals surface area contributed by atoms with Crippen molar-refractivity contribution in [3.8, 4) is 17.0 Å². The van der Waals surface area contributed by atoms with Crippen LogP contribution in [-0.4, -0.2) is 51.2 Å². The Bertz CT molecular complexity index is 1600. The number of rotatable bonds is 6. The van der Waals surface area contributed by atoms with Crippen LogP contribution in [0.3, 0.4) is 0 Å². The first-order valence-corrected chi connectivity index (χ1v) is 11.6. The van der Waals surface area contributed by atoms with Crippen LogP contribution in [0.5, 0.6) is 5.75 Å². The predicted molar refractivity (Wildman–Crippen MR) is 130 cm³/mol. The minimum absolute atomic E-state index is 0.0239. The van der Waals surface area contributed by atoms with E-state index < -0.39 is 47.1 Å². The summed E-state index contributed by atoms with van der Waals surface area (Å²) in [7, 11) is 0. The number of primary amides is 1. The van der Waals surface area contributed by atoms with E-state index in [2.05, 4.69) is 20.3 Å². The van der Waals surface area contributed by atoms with E-state index in [1.165, 1.54) is 31.3 Å². The van der Waals surface area contributed by atoms with E-state index in [-0.39, 0.29) is 34.9 Å². The number of benzene rings is 1. The number of H-pyrrole nitrogens is 1. The number of amides is 2. The molecule has 9 nitrogen and oxygen atoms in total. The van der Waals surface area contributed by atoms with Crippen molar-refractivity contribution < 1.29 is 37.0 Å². The predicted octanol–water partition coefficient (Wildman–Crippen LogP) is 3.08. The van der Waals surface area contributed by atoms with Crippen LogP contribution in [0.15, 0.2) is 54.9 Å². The summed E-state index contributed by atoms with van der Waals surface area (Å²) in [5.41, 5.74) is -0.197. The number of nitrogens with two attached hydrogens (primary N) is 1. The quantitative estimate of drug-likeness (QED) is 0.275. The van der Waals surface area contributed by atoms with Gasteiger partial charge in [0.1, 0.15) is 35.0 Å². The first-order valence-electron chi connectivity index (χ1n) is 11.6. The summed E-state index contributed by atoms with van der Waals surface area (Å²) in [5, 5.41) is 13.8. The van der Waals surface area contributed by atoms with Crippen LogP contribution in [0.1, 0.15) is 28.7 Å². The Morgan fingerprint density at radius 1 is 1.21 bits per heavy atom. The molecule has 39 heavy (non-hydrogen) atoms. The minimum Gasteiger partial charge on any atom is -0.489 e. The molecule has 5 N–H and O–H groups in total. The van der Waals surface area contributed by atoms with Gasteiger partial charge >= 0.3 is 6.18 Å². The van der Waals surface area contributed by atoms with Gasteiger partial charge in [0, 0.05) is 22.7 Å². The van der Waals surface area contributed by atoms with Crippen LogP contribution < -0.4 is 15.8 Å². The number of nitrogens with zero attached hydrogens (tertiary/aromatic N) is 2. The molecule has 1 aromatic carbocycles. The maximum atomic E-state index is 14.5. The van der Waals surface area contributed by atoms with Gasteiger partial charge < -0.3 is 25.9 Å². The van der Waals surface area contributed by atoms with E-state index in [4.69, 9.17) is 10.5 Å². The zero-order valence-electron chi connectivity index (χ0n) is 20.3. The Balaban J connectivity index is 1.59. The molecule has 3 aromatic heterocycles. The number of aliphatic hydroxyl groups is 1. The second-order valence-corrected chi connectivity index (χ2v) is 9.40. The van der Waals surface area contributed by atoms with Crippen molar-refractivity contribution >= 4 is 22.7 Å². The number of alkyl halides is 3. The molecule has 0 bridgehead atoms. The number of halogens is 4. The highest BCUT2D eigenvalue weighted by molar-refractivity contribution is 5.96. The van der Waals surface area contributed by atoms with Gasteiger partial charge in [-0.1, -0.05) is 0 Å². The Kier molecular flexibility index (Phi) is 6.06. The first-order chi connectivity index (χ1) is 18.3. The summed E-state index contributed by atoms with van der Waals surface area (Å²) < 4.78 is 62.6. The van der Waals surface area contributed by atoms with Crippen LogP contribution in [0, 0.1) is 5.82 Å². The third kappa shape index (κ3) is 4.34. The second-order valence-electron chi connectivity index (χ2n) is 9.40. The molecule has 1 aliphatic heterocycles. The fourth-order valence-electron chi connectivity index (χ4n) is 4.31. The molecule has 4 heterocycles. The van der Waals surface area contributed by atoms with Crippen molar-refractivity contribution in [1.82, 2.24) is 20.3 Å². The lowest BCUT2D eigenvalue weighted by atomic mass is 9.81. The molecule has 13 heteroatoms. The van der Waals surface area contributed by atoms with E-state index in [0.717, 1.165) is 18.2 Å². The molecule has 2 atom stereocenters. The SMILES string of the molecule is C[C@]1(C(N)=O)COc2c1cc(C(O)(CNC(=O)c1cc3cc[nH]c3cn1)C(F)(F)F)nc2-c1ccc(F)cc1. The molecule has 0 fully saturated rings. The third-order valence-corrected chi connectivity index (χ3v) is 6.80. The van der Waals surface area contributed by atoms with Crippen LogP contribution >= 0.6 is 0 Å². The average molecular weight is 543 g/mol. The fraction of sp³-hybridized carbons (Fsp3) is 0.231. The standard InChI is InChI=1S/C26H21F4N5O4/c1-24(23(31)37)12-39-21-16(24)9-19(35-20(21)13-2-4-15(27)5-3-13)25(38,26(28,29)30)11-34-22(36)17-8-14-6-7-32-18(14)10-33-17/h2-10,32,38H,11-12H2,1H3,(H2,31,37)(H,34,36)/t24-,25?/m0/s1. The van der Waals surface area contributed by atoms with E-state index >= 15 is 0 Å². The van der Waals surface area contributed by atoms with E-state index in [0.29, 0.717) is 10.9 Å². The molecule has 0 saturated heterocycles. The van der Waals surface area contributed by atoms with Crippen molar-refractivity contribution in [2.24, 2.45) is 5.73 Å². The summed E-state index contributed by atoms with van der Waals surface area (Å²) in [5.74, 6) is -2.47. The molecule has 1 unspecified atom stereocenters. The molecular formula is C26H21F4N5O4. The summed E-state index contributed by atoms with van der Waals surface area (Å²) in [4.78, 5) is 35.9. The summed E-state index contributed by atoms with van der Waals surface area (Å²) in [6.07, 6.45) is -2.37. The number of carbonyl (C=O) groups is 2. The first kappa shape index (κ1) is 26.1. The van der Waals surface area contributed by atoms with Crippen molar-refractivity contribution in [2.75, 3.05) is 13.2 Å². The number of aromatic amines is 1. The van der Waals surface area contributed by atoms with E-state index in [9.17, 15) is 32.3 Å². The monoisotopic (exact) mass is 543 g/mol. The molecule has 0 saturated carbocycles. The van der Waals surface area contributed by atoms with Crippen molar-refractivity contribution in [3.05, 3.63) is 77.6 Å². The van der Waals surface area contributed by atoms with Gasteiger partial charge in [0.05, 0.1) is 24.0 Å². The van der Waals surface area contributed by atoms with Crippen LogP contribution in [-0.2, 0) is 15.8 Å². The molecule has 202 valence electrons. The number of hydrogen-bond donors (Lipinski definition) is 4. The molecule has 5 rings (SSSR count). The van der Waals surface area contributed by atoms with E-state index in [1.54, 1.807) is 12.3 Å². The Labute approximate surface area is 218 Å². The molecule has 2 amide bonds. The average Bonchev–Trinajstić information content (AvgIpc) is 3.51. The van der Waals surface area contributed by atoms with Crippen LogP contribution in [0.25, 0.3) is 22.2 Å². The van der Waals surface area contributed by atoms with Gasteiger partial charge in [-0.15, -0.1) is 0 Å². The molecule has 0 radical (unpaired) electrons. The molecule has 0 aliphatic carbocycles. The number of ether oxygens (including phenoxy) is 1. The summed E-state index contributed by atoms with van der Waals surface area (Å²) in [6.45, 7) is -0.229. The van der Waals surface area contributed by atoms with Gasteiger partial charge in [-0.2, -0.15) is 13.2 Å². The topological polar surface area (TPSA) is 143 Å². The van der Waals surface area contributed by atoms with Gasteiger partial charge in [-0.25, -0.2) is 14.4 Å². The number of fused-ring (bicyclic) bond motifs is 2. The Hall–Kier alpha value is -4.52. The Morgan fingerprint density at radius 3 is 2.59 bits per heavy atom. The lowest BCUT2D eigenvalue weighted by Gasteiger charge is -2.31. The third-order valence-electron chi connectivity index (χ3n) is 6.80.